The van der Waals surface area contributed by atoms with E-state index in [1.807, 2.05) is 12.1 Å². The van der Waals surface area contributed by atoms with Gasteiger partial charge in [-0.1, -0.05) is 24.0 Å². The van der Waals surface area contributed by atoms with Crippen LogP contribution in [0, 0.1) is 23.2 Å². The Balaban J connectivity index is 1.60. The first-order valence-electron chi connectivity index (χ1n) is 12.1. The van der Waals surface area contributed by atoms with Gasteiger partial charge in [0.25, 0.3) is 0 Å². The van der Waals surface area contributed by atoms with Crippen LogP contribution in [0.15, 0.2) is 41.3 Å². The van der Waals surface area contributed by atoms with Gasteiger partial charge in [-0.2, -0.15) is 18.4 Å². The van der Waals surface area contributed by atoms with Gasteiger partial charge in [-0.15, -0.1) is 11.3 Å². The van der Waals surface area contributed by atoms with Gasteiger partial charge in [0.1, 0.15) is 11.8 Å². The lowest BCUT2D eigenvalue weighted by atomic mass is 10.1. The van der Waals surface area contributed by atoms with E-state index in [0.717, 1.165) is 29.5 Å². The van der Waals surface area contributed by atoms with Crippen LogP contribution >= 0.6 is 11.3 Å². The van der Waals surface area contributed by atoms with Gasteiger partial charge in [0.15, 0.2) is 16.4 Å². The Bertz CT molecular complexity index is 1540. The second-order valence-corrected chi connectivity index (χ2v) is 12.0. The molecule has 1 aromatic heterocycles. The first-order valence-corrected chi connectivity index (χ1v) is 14.8. The van der Waals surface area contributed by atoms with Crippen molar-refractivity contribution in [3.8, 4) is 23.7 Å². The maximum absolute atomic E-state index is 13.5. The molecule has 2 N–H and O–H groups in total. The number of halogens is 3. The molecule has 1 aliphatic rings. The normalized spacial score (nSPS) is 14.3. The number of nitrogens with one attached hydrogen (secondary N) is 2. The number of anilines is 2. The highest BCUT2D eigenvalue weighted by Gasteiger charge is 2.31. The van der Waals surface area contributed by atoms with E-state index in [1.54, 1.807) is 12.1 Å². The lowest BCUT2D eigenvalue weighted by molar-refractivity contribution is -0.126. The van der Waals surface area contributed by atoms with Crippen molar-refractivity contribution in [2.45, 2.75) is 36.4 Å². The fourth-order valence-electron chi connectivity index (χ4n) is 4.20. The molecular formula is C27H26F3N3O4S2. The lowest BCUT2D eigenvalue weighted by Gasteiger charge is -2.24. The van der Waals surface area contributed by atoms with E-state index in [-0.39, 0.29) is 35.4 Å². The molecule has 2 heterocycles. The van der Waals surface area contributed by atoms with Crippen molar-refractivity contribution in [2.24, 2.45) is 0 Å². The summed E-state index contributed by atoms with van der Waals surface area (Å²) in [5, 5.41) is 15.8. The van der Waals surface area contributed by atoms with E-state index in [4.69, 9.17) is 14.7 Å². The number of rotatable bonds is 8. The Morgan fingerprint density at radius 3 is 2.64 bits per heavy atom. The van der Waals surface area contributed by atoms with E-state index >= 15 is 0 Å². The van der Waals surface area contributed by atoms with Gasteiger partial charge in [-0.25, -0.2) is 8.42 Å². The Hall–Kier alpha value is -3.45. The molecule has 0 amide bonds. The molecular weight excluding hydrogens is 551 g/mol. The Morgan fingerprint density at radius 1 is 1.18 bits per heavy atom. The minimum absolute atomic E-state index is 0.0271. The third kappa shape index (κ3) is 7.57. The molecule has 3 aromatic rings. The van der Waals surface area contributed by atoms with Gasteiger partial charge in [-0.05, 0) is 42.0 Å². The van der Waals surface area contributed by atoms with Crippen molar-refractivity contribution in [3.05, 3.63) is 46.8 Å². The number of thiophene rings is 1. The van der Waals surface area contributed by atoms with Crippen molar-refractivity contribution >= 4 is 42.6 Å². The van der Waals surface area contributed by atoms with E-state index < -0.39 is 22.4 Å². The third-order valence-electron chi connectivity index (χ3n) is 6.02. The summed E-state index contributed by atoms with van der Waals surface area (Å²) in [6, 6.07) is 11.5. The summed E-state index contributed by atoms with van der Waals surface area (Å²) in [6.45, 7) is 1.04. The molecule has 0 radical (unpaired) electrons. The quantitative estimate of drug-likeness (QED) is 0.348. The molecule has 2 aromatic carbocycles. The molecule has 206 valence electrons. The molecule has 0 spiro atoms. The van der Waals surface area contributed by atoms with Gasteiger partial charge >= 0.3 is 6.18 Å². The monoisotopic (exact) mass is 577 g/mol. The lowest BCUT2D eigenvalue weighted by Crippen LogP contribution is -2.27. The van der Waals surface area contributed by atoms with Crippen molar-refractivity contribution in [3.63, 3.8) is 0 Å². The molecule has 0 unspecified atom stereocenters. The number of alkyl halides is 3. The number of ether oxygens (including phenoxy) is 2. The van der Waals surface area contributed by atoms with Gasteiger partial charge in [0, 0.05) is 31.6 Å². The van der Waals surface area contributed by atoms with Crippen molar-refractivity contribution in [2.75, 3.05) is 43.3 Å². The highest BCUT2D eigenvalue weighted by molar-refractivity contribution is 7.90. The summed E-state index contributed by atoms with van der Waals surface area (Å²) in [5.41, 5.74) is 1.33. The molecule has 0 saturated carbocycles. The molecule has 39 heavy (non-hydrogen) atoms. The summed E-state index contributed by atoms with van der Waals surface area (Å²) in [5.74, 6) is 5.92. The Morgan fingerprint density at radius 2 is 1.95 bits per heavy atom. The van der Waals surface area contributed by atoms with Crippen LogP contribution in [0.1, 0.15) is 23.3 Å². The fourth-order valence-corrected chi connectivity index (χ4v) is 6.00. The molecule has 4 rings (SSSR count). The van der Waals surface area contributed by atoms with Crippen LogP contribution in [0.3, 0.4) is 0 Å². The van der Waals surface area contributed by atoms with Gasteiger partial charge < -0.3 is 20.1 Å². The number of sulfone groups is 1. The smallest absolute Gasteiger partial charge is 0.393 e. The van der Waals surface area contributed by atoms with Crippen LogP contribution in [-0.4, -0.2) is 53.3 Å². The van der Waals surface area contributed by atoms with Crippen molar-refractivity contribution in [1.82, 2.24) is 0 Å². The Labute approximate surface area is 228 Å². The predicted octanol–water partition coefficient (Wildman–Crippen LogP) is 5.37. The average molecular weight is 578 g/mol. The van der Waals surface area contributed by atoms with Crippen LogP contribution in [0.4, 0.5) is 24.5 Å². The highest BCUT2D eigenvalue weighted by atomic mass is 32.2. The summed E-state index contributed by atoms with van der Waals surface area (Å²) in [7, 11) is -3.49. The first-order chi connectivity index (χ1) is 18.5. The van der Waals surface area contributed by atoms with Crippen LogP contribution in [0.25, 0.3) is 10.1 Å². The van der Waals surface area contributed by atoms with Gasteiger partial charge in [-0.3, -0.25) is 0 Å². The SMILES string of the molecule is CS(=O)(=O)c1ccc(NCC#Cc2sc3c(NC4CCOCC4)cccc3c2CC(F)(F)F)c(OCC#N)c1. The minimum atomic E-state index is -4.40. The molecule has 12 heteroatoms. The number of hydrogen-bond acceptors (Lipinski definition) is 8. The zero-order chi connectivity index (χ0) is 28.0. The van der Waals surface area contributed by atoms with Crippen LogP contribution in [0.5, 0.6) is 5.75 Å². The Kier molecular flexibility index (Phi) is 8.90. The van der Waals surface area contributed by atoms with Gasteiger partial charge in [0.05, 0.1) is 38.8 Å². The fraction of sp³-hybridized carbons (Fsp3) is 0.370. The van der Waals surface area contributed by atoms with E-state index in [2.05, 4.69) is 22.5 Å². The molecule has 1 fully saturated rings. The number of fused-ring (bicyclic) bond motifs is 1. The summed E-state index contributed by atoms with van der Waals surface area (Å²) < 4.78 is 75.8. The highest BCUT2D eigenvalue weighted by Crippen LogP contribution is 2.39. The standard InChI is InChI=1S/C27H26F3N3O4S2/c1-39(34,35)19-7-8-22(24(16-19)37-15-11-31)32-12-3-6-25-21(17-27(28,29)30)20-4-2-5-23(26(20)38-25)33-18-9-13-36-14-10-18/h2,4-5,7-8,16,18,32-33H,9-10,12-15,17H2,1H3. The first kappa shape index (κ1) is 28.6. The molecule has 1 aliphatic heterocycles. The van der Waals surface area contributed by atoms with Crippen LogP contribution in [-0.2, 0) is 21.0 Å². The maximum atomic E-state index is 13.5. The maximum Gasteiger partial charge on any atom is 0.393 e. The number of nitriles is 1. The van der Waals surface area contributed by atoms with E-state index in [9.17, 15) is 21.6 Å². The zero-order valence-electron chi connectivity index (χ0n) is 21.0. The minimum Gasteiger partial charge on any atom is -0.477 e. The molecule has 0 aliphatic carbocycles. The van der Waals surface area contributed by atoms with E-state index in [1.165, 1.54) is 29.5 Å². The largest absolute Gasteiger partial charge is 0.477 e. The summed E-state index contributed by atoms with van der Waals surface area (Å²) in [4.78, 5) is 0.359. The average Bonchev–Trinajstić information content (AvgIpc) is 3.22. The predicted molar refractivity (Wildman–Crippen MR) is 145 cm³/mol. The topological polar surface area (TPSA) is 100 Å². The van der Waals surface area contributed by atoms with E-state index in [0.29, 0.717) is 29.2 Å². The van der Waals surface area contributed by atoms with Crippen molar-refractivity contribution in [1.29, 1.82) is 5.26 Å². The molecule has 7 nitrogen and oxygen atoms in total. The molecule has 0 atom stereocenters. The third-order valence-corrected chi connectivity index (χ3v) is 8.33. The summed E-state index contributed by atoms with van der Waals surface area (Å²) in [6.07, 6.45) is -2.80. The van der Waals surface area contributed by atoms with Crippen molar-refractivity contribution < 1.29 is 31.1 Å². The van der Waals surface area contributed by atoms with Crippen LogP contribution in [0.2, 0.25) is 0 Å². The molecule has 1 saturated heterocycles. The number of benzene rings is 2. The molecule has 0 bridgehead atoms. The second kappa shape index (κ2) is 12.2. The second-order valence-electron chi connectivity index (χ2n) is 8.95. The zero-order valence-corrected chi connectivity index (χ0v) is 22.7. The number of nitrogens with zero attached hydrogens (tertiary/aromatic N) is 1. The number of hydrogen-bond donors (Lipinski definition) is 2. The van der Waals surface area contributed by atoms with Gasteiger partial charge in [0.2, 0.25) is 0 Å². The van der Waals surface area contributed by atoms with Crippen LogP contribution < -0.4 is 15.4 Å². The summed E-state index contributed by atoms with van der Waals surface area (Å²) >= 11 is 1.22.